The third kappa shape index (κ3) is 1.77. The van der Waals surface area contributed by atoms with E-state index in [0.29, 0.717) is 5.89 Å². The Balaban J connectivity index is 1.83. The van der Waals surface area contributed by atoms with Crippen molar-refractivity contribution in [3.63, 3.8) is 0 Å². The average Bonchev–Trinajstić information content (AvgIpc) is 3.28. The standard InChI is InChI=1S/C18H11N3OS/c23-18-20-19-17(22-18)13-7-6-12-10-14(11-4-2-1-3-5-11)16-9-8-15(13)21(12)16/h1-10H,(H,20,23). The molecule has 0 radical (unpaired) electrons. The van der Waals surface area contributed by atoms with E-state index in [4.69, 9.17) is 16.6 Å². The van der Waals surface area contributed by atoms with Gasteiger partial charge in [-0.15, -0.1) is 5.10 Å². The van der Waals surface area contributed by atoms with Crippen molar-refractivity contribution in [2.75, 3.05) is 0 Å². The summed E-state index contributed by atoms with van der Waals surface area (Å²) in [6, 6.07) is 20.9. The quantitative estimate of drug-likeness (QED) is 0.471. The molecule has 1 N–H and O–H groups in total. The molecule has 23 heavy (non-hydrogen) atoms. The first-order chi connectivity index (χ1) is 11.3. The number of benzene rings is 1. The van der Waals surface area contributed by atoms with Gasteiger partial charge in [0.05, 0.1) is 16.6 Å². The van der Waals surface area contributed by atoms with Gasteiger partial charge in [0, 0.05) is 11.1 Å². The molecule has 0 spiro atoms. The van der Waals surface area contributed by atoms with Crippen LogP contribution in [0.25, 0.3) is 39.1 Å². The summed E-state index contributed by atoms with van der Waals surface area (Å²) in [4.78, 5) is 0.284. The number of rotatable bonds is 2. The van der Waals surface area contributed by atoms with Crippen molar-refractivity contribution in [3.05, 3.63) is 65.5 Å². The fourth-order valence-corrected chi connectivity index (χ4v) is 3.30. The maximum absolute atomic E-state index is 5.48. The predicted octanol–water partition coefficient (Wildman–Crippen LogP) is 4.91. The van der Waals surface area contributed by atoms with Crippen molar-refractivity contribution in [1.29, 1.82) is 0 Å². The lowest BCUT2D eigenvalue weighted by Crippen LogP contribution is -1.86. The first kappa shape index (κ1) is 12.6. The van der Waals surface area contributed by atoms with Crippen molar-refractivity contribution in [2.45, 2.75) is 0 Å². The topological polar surface area (TPSA) is 46.2 Å². The van der Waals surface area contributed by atoms with Crippen LogP contribution in [0, 0.1) is 4.84 Å². The Labute approximate surface area is 136 Å². The first-order valence-electron chi connectivity index (χ1n) is 7.29. The number of pyridine rings is 1. The Morgan fingerprint density at radius 1 is 0.913 bits per heavy atom. The maximum atomic E-state index is 5.48. The molecule has 110 valence electrons. The molecule has 0 fully saturated rings. The van der Waals surface area contributed by atoms with E-state index < -0.39 is 0 Å². The van der Waals surface area contributed by atoms with Crippen molar-refractivity contribution in [2.24, 2.45) is 0 Å². The van der Waals surface area contributed by atoms with Gasteiger partial charge in [0.2, 0.25) is 5.89 Å². The zero-order valence-corrected chi connectivity index (χ0v) is 12.8. The summed E-state index contributed by atoms with van der Waals surface area (Å²) in [6.45, 7) is 0. The predicted molar refractivity (Wildman–Crippen MR) is 92.2 cm³/mol. The van der Waals surface area contributed by atoms with Gasteiger partial charge < -0.3 is 8.82 Å². The van der Waals surface area contributed by atoms with Gasteiger partial charge in [0.15, 0.2) is 0 Å². The van der Waals surface area contributed by atoms with Crippen LogP contribution in [-0.2, 0) is 0 Å². The molecule has 4 nitrogen and oxygen atoms in total. The van der Waals surface area contributed by atoms with Crippen LogP contribution in [-0.4, -0.2) is 14.6 Å². The summed E-state index contributed by atoms with van der Waals surface area (Å²) < 4.78 is 7.70. The van der Waals surface area contributed by atoms with Gasteiger partial charge >= 0.3 is 0 Å². The SMILES string of the molecule is S=c1[nH]nc(-c2ccc3cc(-c4ccccc4)c4ccc2n34)o1. The van der Waals surface area contributed by atoms with Crippen LogP contribution in [0.2, 0.25) is 0 Å². The molecule has 0 aliphatic carbocycles. The number of nitrogens with zero attached hydrogens (tertiary/aromatic N) is 2. The summed E-state index contributed by atoms with van der Waals surface area (Å²) in [5.41, 5.74) is 6.75. The van der Waals surface area contributed by atoms with Crippen LogP contribution in [0.4, 0.5) is 0 Å². The van der Waals surface area contributed by atoms with E-state index in [2.05, 4.69) is 63.1 Å². The minimum Gasteiger partial charge on any atom is -0.409 e. The summed E-state index contributed by atoms with van der Waals surface area (Å²) in [5.74, 6) is 0.513. The van der Waals surface area contributed by atoms with E-state index in [1.165, 1.54) is 16.6 Å². The van der Waals surface area contributed by atoms with Gasteiger partial charge in [-0.25, -0.2) is 5.10 Å². The second kappa shape index (κ2) is 4.54. The van der Waals surface area contributed by atoms with E-state index >= 15 is 0 Å². The number of H-pyrrole nitrogens is 1. The summed E-state index contributed by atoms with van der Waals surface area (Å²) in [5, 5.41) is 6.83. The molecule has 4 heterocycles. The molecule has 5 aromatic rings. The van der Waals surface area contributed by atoms with Gasteiger partial charge in [-0.3, -0.25) is 0 Å². The second-order valence-electron chi connectivity index (χ2n) is 5.45. The molecular weight excluding hydrogens is 306 g/mol. The van der Waals surface area contributed by atoms with Gasteiger partial charge in [0.25, 0.3) is 4.84 Å². The third-order valence-corrected chi connectivity index (χ3v) is 4.33. The molecule has 0 aliphatic heterocycles. The molecule has 1 aromatic carbocycles. The minimum absolute atomic E-state index is 0.284. The van der Waals surface area contributed by atoms with Crippen LogP contribution in [0.1, 0.15) is 0 Å². The fourth-order valence-electron chi connectivity index (χ4n) is 3.17. The van der Waals surface area contributed by atoms with Crippen molar-refractivity contribution < 1.29 is 4.42 Å². The highest BCUT2D eigenvalue weighted by Crippen LogP contribution is 2.35. The molecule has 5 rings (SSSR count). The summed E-state index contributed by atoms with van der Waals surface area (Å²) in [7, 11) is 0. The van der Waals surface area contributed by atoms with E-state index in [0.717, 1.165) is 16.6 Å². The molecule has 0 unspecified atom stereocenters. The zero-order chi connectivity index (χ0) is 15.4. The normalized spacial score (nSPS) is 11.7. The van der Waals surface area contributed by atoms with Gasteiger partial charge in [0.1, 0.15) is 0 Å². The molecule has 0 amide bonds. The molecule has 0 saturated carbocycles. The first-order valence-corrected chi connectivity index (χ1v) is 7.70. The van der Waals surface area contributed by atoms with Crippen LogP contribution in [0.5, 0.6) is 0 Å². The van der Waals surface area contributed by atoms with Gasteiger partial charge in [-0.1, -0.05) is 30.3 Å². The highest BCUT2D eigenvalue weighted by atomic mass is 32.1. The Morgan fingerprint density at radius 3 is 2.43 bits per heavy atom. The number of hydrogen-bond acceptors (Lipinski definition) is 3. The smallest absolute Gasteiger partial charge is 0.284 e. The molecule has 0 saturated heterocycles. The van der Waals surface area contributed by atoms with Crippen molar-refractivity contribution >= 4 is 28.8 Å². The zero-order valence-electron chi connectivity index (χ0n) is 12.0. The third-order valence-electron chi connectivity index (χ3n) is 4.16. The van der Waals surface area contributed by atoms with E-state index in [1.807, 2.05) is 12.1 Å². The largest absolute Gasteiger partial charge is 0.409 e. The highest BCUT2D eigenvalue weighted by Gasteiger charge is 2.16. The Bertz CT molecular complexity index is 1180. The van der Waals surface area contributed by atoms with Crippen molar-refractivity contribution in [3.8, 4) is 22.6 Å². The number of aromatic nitrogens is 3. The fraction of sp³-hybridized carbons (Fsp3) is 0. The molecule has 0 bridgehead atoms. The second-order valence-corrected chi connectivity index (χ2v) is 5.82. The van der Waals surface area contributed by atoms with Crippen LogP contribution in [0.3, 0.4) is 0 Å². The molecule has 0 aliphatic rings. The summed E-state index contributed by atoms with van der Waals surface area (Å²) in [6.07, 6.45) is 0. The number of aromatic amines is 1. The molecule has 5 heteroatoms. The maximum Gasteiger partial charge on any atom is 0.284 e. The Morgan fingerprint density at radius 2 is 1.70 bits per heavy atom. The van der Waals surface area contributed by atoms with E-state index in [1.54, 1.807) is 0 Å². The lowest BCUT2D eigenvalue weighted by molar-refractivity contribution is 0.552. The van der Waals surface area contributed by atoms with Gasteiger partial charge in [-0.05, 0) is 48.1 Å². The van der Waals surface area contributed by atoms with Gasteiger partial charge in [-0.2, -0.15) is 0 Å². The van der Waals surface area contributed by atoms with E-state index in [9.17, 15) is 0 Å². The minimum atomic E-state index is 0.284. The number of hydrogen-bond donors (Lipinski definition) is 1. The van der Waals surface area contributed by atoms with Crippen molar-refractivity contribution in [1.82, 2.24) is 14.6 Å². The van der Waals surface area contributed by atoms with Crippen LogP contribution >= 0.6 is 12.2 Å². The Kier molecular flexibility index (Phi) is 2.49. The van der Waals surface area contributed by atoms with Crippen LogP contribution in [0.15, 0.2) is 65.1 Å². The highest BCUT2D eigenvalue weighted by molar-refractivity contribution is 7.71. The number of nitrogens with one attached hydrogen (secondary N) is 1. The monoisotopic (exact) mass is 317 g/mol. The average molecular weight is 317 g/mol. The molecular formula is C18H11N3OS. The lowest BCUT2D eigenvalue weighted by atomic mass is 10.1. The summed E-state index contributed by atoms with van der Waals surface area (Å²) >= 11 is 4.98. The molecule has 0 atom stereocenters. The lowest BCUT2D eigenvalue weighted by Gasteiger charge is -2.01. The van der Waals surface area contributed by atoms with Crippen LogP contribution < -0.4 is 0 Å². The molecule has 4 aromatic heterocycles. The Hall–Kier alpha value is -2.92. The van der Waals surface area contributed by atoms with E-state index in [-0.39, 0.29) is 4.84 Å².